The van der Waals surface area contributed by atoms with E-state index in [1.165, 1.54) is 6.26 Å². The number of aromatic amines is 1. The molecule has 4 rings (SSSR count). The first-order valence-electron chi connectivity index (χ1n) is 8.12. The van der Waals surface area contributed by atoms with Crippen LogP contribution in [-0.4, -0.2) is 39.1 Å². The van der Waals surface area contributed by atoms with Gasteiger partial charge in [0.25, 0.3) is 5.91 Å². The minimum atomic E-state index is -0.0625. The Bertz CT molecular complexity index is 811. The zero-order chi connectivity index (χ0) is 16.4. The van der Waals surface area contributed by atoms with Crippen LogP contribution < -0.4 is 0 Å². The average molecular weight is 322 g/mol. The number of hydrogen-bond donors (Lipinski definition) is 1. The van der Waals surface area contributed by atoms with Gasteiger partial charge in [0.05, 0.1) is 6.26 Å². The van der Waals surface area contributed by atoms with Crippen molar-refractivity contribution in [3.05, 3.63) is 60.3 Å². The lowest BCUT2D eigenvalue weighted by Gasteiger charge is -2.31. The predicted octanol–water partition coefficient (Wildman–Crippen LogP) is 3.08. The van der Waals surface area contributed by atoms with Gasteiger partial charge in [-0.3, -0.25) is 9.89 Å². The summed E-state index contributed by atoms with van der Waals surface area (Å²) in [5.41, 5.74) is 0.985. The Morgan fingerprint density at radius 3 is 2.88 bits per heavy atom. The Kier molecular flexibility index (Phi) is 3.86. The van der Waals surface area contributed by atoms with E-state index >= 15 is 0 Å². The van der Waals surface area contributed by atoms with E-state index in [1.54, 1.807) is 12.1 Å². The number of aromatic nitrogens is 3. The second kappa shape index (κ2) is 6.31. The van der Waals surface area contributed by atoms with Crippen LogP contribution in [0.5, 0.6) is 0 Å². The van der Waals surface area contributed by atoms with E-state index in [-0.39, 0.29) is 11.8 Å². The predicted molar refractivity (Wildman–Crippen MR) is 88.4 cm³/mol. The summed E-state index contributed by atoms with van der Waals surface area (Å²) < 4.78 is 5.22. The summed E-state index contributed by atoms with van der Waals surface area (Å²) in [4.78, 5) is 18.9. The first kappa shape index (κ1) is 14.7. The summed E-state index contributed by atoms with van der Waals surface area (Å²) in [6, 6.07) is 13.3. The molecular formula is C18H18N4O2. The van der Waals surface area contributed by atoms with Crippen LogP contribution in [-0.2, 0) is 0 Å². The number of amides is 1. The second-order valence-electron chi connectivity index (χ2n) is 5.98. The van der Waals surface area contributed by atoms with Gasteiger partial charge in [-0.1, -0.05) is 30.3 Å². The van der Waals surface area contributed by atoms with Gasteiger partial charge in [0.1, 0.15) is 5.82 Å². The molecule has 0 aliphatic carbocycles. The molecule has 0 radical (unpaired) electrons. The van der Waals surface area contributed by atoms with Gasteiger partial charge in [-0.25, -0.2) is 4.98 Å². The first-order valence-corrected chi connectivity index (χ1v) is 8.12. The Balaban J connectivity index is 1.50. The molecule has 1 aromatic carbocycles. The average Bonchev–Trinajstić information content (AvgIpc) is 3.34. The molecule has 1 amide bonds. The maximum atomic E-state index is 12.5. The molecule has 1 fully saturated rings. The van der Waals surface area contributed by atoms with E-state index in [0.717, 1.165) is 30.8 Å². The molecule has 2 aromatic heterocycles. The standard InChI is InChI=1S/C18H18N4O2/c23-18(15-9-5-11-24-15)22-10-4-8-14(12-22)17-19-16(20-21-17)13-6-2-1-3-7-13/h1-3,5-7,9,11,14H,4,8,10,12H2,(H,19,20,21). The van der Waals surface area contributed by atoms with Crippen molar-refractivity contribution in [2.24, 2.45) is 0 Å². The van der Waals surface area contributed by atoms with Crippen LogP contribution in [0.1, 0.15) is 35.1 Å². The number of H-pyrrole nitrogens is 1. The van der Waals surface area contributed by atoms with E-state index in [9.17, 15) is 4.79 Å². The first-order chi connectivity index (χ1) is 11.8. The second-order valence-corrected chi connectivity index (χ2v) is 5.98. The SMILES string of the molecule is O=C(c1ccco1)N1CCCC(c2nc(-c3ccccc3)n[nH]2)C1. The van der Waals surface area contributed by atoms with Crippen molar-refractivity contribution >= 4 is 5.91 Å². The highest BCUT2D eigenvalue weighted by Crippen LogP contribution is 2.27. The number of carbonyl (C=O) groups is 1. The summed E-state index contributed by atoms with van der Waals surface area (Å²) in [7, 11) is 0. The monoisotopic (exact) mass is 322 g/mol. The zero-order valence-electron chi connectivity index (χ0n) is 13.2. The quantitative estimate of drug-likeness (QED) is 0.804. The molecule has 1 N–H and O–H groups in total. The van der Waals surface area contributed by atoms with Gasteiger partial charge >= 0.3 is 0 Å². The summed E-state index contributed by atoms with van der Waals surface area (Å²) >= 11 is 0. The van der Waals surface area contributed by atoms with E-state index < -0.39 is 0 Å². The van der Waals surface area contributed by atoms with Crippen LogP contribution in [0.4, 0.5) is 0 Å². The van der Waals surface area contributed by atoms with Gasteiger partial charge in [-0.15, -0.1) is 0 Å². The van der Waals surface area contributed by atoms with Gasteiger partial charge < -0.3 is 9.32 Å². The Labute approximate surface area is 139 Å². The molecule has 3 aromatic rings. The van der Waals surface area contributed by atoms with Gasteiger partial charge in [0.15, 0.2) is 11.6 Å². The summed E-state index contributed by atoms with van der Waals surface area (Å²) in [6.45, 7) is 1.37. The van der Waals surface area contributed by atoms with E-state index in [0.29, 0.717) is 18.1 Å². The van der Waals surface area contributed by atoms with Crippen molar-refractivity contribution in [3.8, 4) is 11.4 Å². The van der Waals surface area contributed by atoms with Gasteiger partial charge in [-0.2, -0.15) is 5.10 Å². The van der Waals surface area contributed by atoms with Crippen molar-refractivity contribution < 1.29 is 9.21 Å². The lowest BCUT2D eigenvalue weighted by molar-refractivity contribution is 0.0672. The molecular weight excluding hydrogens is 304 g/mol. The van der Waals surface area contributed by atoms with Gasteiger partial charge in [0, 0.05) is 24.6 Å². The molecule has 1 aliphatic heterocycles. The van der Waals surface area contributed by atoms with E-state index in [2.05, 4.69) is 15.2 Å². The number of nitrogens with zero attached hydrogens (tertiary/aromatic N) is 3. The Morgan fingerprint density at radius 1 is 1.21 bits per heavy atom. The minimum absolute atomic E-state index is 0.0625. The van der Waals surface area contributed by atoms with E-state index in [4.69, 9.17) is 4.42 Å². The Morgan fingerprint density at radius 2 is 2.08 bits per heavy atom. The minimum Gasteiger partial charge on any atom is -0.459 e. The fourth-order valence-corrected chi connectivity index (χ4v) is 3.11. The van der Waals surface area contributed by atoms with Crippen molar-refractivity contribution in [2.45, 2.75) is 18.8 Å². The topological polar surface area (TPSA) is 75.0 Å². The zero-order valence-corrected chi connectivity index (χ0v) is 13.2. The number of rotatable bonds is 3. The smallest absolute Gasteiger partial charge is 0.289 e. The third-order valence-corrected chi connectivity index (χ3v) is 4.36. The van der Waals surface area contributed by atoms with Gasteiger partial charge in [-0.05, 0) is 25.0 Å². The fraction of sp³-hybridized carbons (Fsp3) is 0.278. The number of nitrogens with one attached hydrogen (secondary N) is 1. The lowest BCUT2D eigenvalue weighted by Crippen LogP contribution is -2.39. The molecule has 0 bridgehead atoms. The maximum Gasteiger partial charge on any atom is 0.289 e. The lowest BCUT2D eigenvalue weighted by atomic mass is 9.97. The molecule has 1 saturated heterocycles. The molecule has 6 nitrogen and oxygen atoms in total. The van der Waals surface area contributed by atoms with Crippen LogP contribution >= 0.6 is 0 Å². The molecule has 0 spiro atoms. The molecule has 6 heteroatoms. The molecule has 1 unspecified atom stereocenters. The Hall–Kier alpha value is -2.89. The fourth-order valence-electron chi connectivity index (χ4n) is 3.11. The van der Waals surface area contributed by atoms with Crippen LogP contribution in [0, 0.1) is 0 Å². The molecule has 0 saturated carbocycles. The van der Waals surface area contributed by atoms with Crippen molar-refractivity contribution in [1.82, 2.24) is 20.1 Å². The van der Waals surface area contributed by atoms with Crippen LogP contribution in [0.2, 0.25) is 0 Å². The highest BCUT2D eigenvalue weighted by atomic mass is 16.3. The van der Waals surface area contributed by atoms with Crippen molar-refractivity contribution in [3.63, 3.8) is 0 Å². The van der Waals surface area contributed by atoms with Crippen LogP contribution in [0.3, 0.4) is 0 Å². The number of likely N-dealkylation sites (tertiary alicyclic amines) is 1. The third kappa shape index (κ3) is 2.82. The maximum absolute atomic E-state index is 12.5. The molecule has 122 valence electrons. The largest absolute Gasteiger partial charge is 0.459 e. The molecule has 1 aliphatic rings. The van der Waals surface area contributed by atoms with E-state index in [1.807, 2.05) is 35.2 Å². The molecule has 24 heavy (non-hydrogen) atoms. The number of piperidine rings is 1. The van der Waals surface area contributed by atoms with Crippen LogP contribution in [0.25, 0.3) is 11.4 Å². The van der Waals surface area contributed by atoms with Gasteiger partial charge in [0.2, 0.25) is 0 Å². The summed E-state index contributed by atoms with van der Waals surface area (Å²) in [5.74, 6) is 2.03. The number of carbonyl (C=O) groups excluding carboxylic acids is 1. The number of furan rings is 1. The normalized spacial score (nSPS) is 17.8. The molecule has 1 atom stereocenters. The number of benzene rings is 1. The summed E-state index contributed by atoms with van der Waals surface area (Å²) in [5, 5.41) is 7.37. The van der Waals surface area contributed by atoms with Crippen molar-refractivity contribution in [1.29, 1.82) is 0 Å². The summed E-state index contributed by atoms with van der Waals surface area (Å²) in [6.07, 6.45) is 3.46. The molecule has 3 heterocycles. The highest BCUT2D eigenvalue weighted by Gasteiger charge is 2.28. The number of hydrogen-bond acceptors (Lipinski definition) is 4. The highest BCUT2D eigenvalue weighted by molar-refractivity contribution is 5.91. The third-order valence-electron chi connectivity index (χ3n) is 4.36. The van der Waals surface area contributed by atoms with Crippen molar-refractivity contribution in [2.75, 3.05) is 13.1 Å². The van der Waals surface area contributed by atoms with Crippen LogP contribution in [0.15, 0.2) is 53.1 Å².